The fourth-order valence-electron chi connectivity index (χ4n) is 10.0. The minimum absolute atomic E-state index is 0. The normalized spacial score (nSPS) is 24.5. The second kappa shape index (κ2) is 27.1. The number of hydrogen-bond acceptors (Lipinski definition) is 0. The molecule has 0 aromatic carbocycles. The van der Waals surface area contributed by atoms with Crippen molar-refractivity contribution < 1.29 is 73.3 Å². The van der Waals surface area contributed by atoms with Crippen molar-refractivity contribution >= 4 is 6.41 Å². The molecule has 0 fully saturated rings. The van der Waals surface area contributed by atoms with Crippen LogP contribution in [0.4, 0.5) is 0 Å². The maximum atomic E-state index is 3.54. The first-order valence-electron chi connectivity index (χ1n) is 24.1. The van der Waals surface area contributed by atoms with Crippen LogP contribution < -0.4 is 24.8 Å². The Morgan fingerprint density at radius 2 is 0.500 bits per heavy atom. The molecule has 0 spiro atoms. The fraction of sp³-hybridized carbons (Fsp3) is 0.690. The average molecular weight is 1040 g/mol. The Morgan fingerprint density at radius 1 is 0.355 bits per heavy atom. The van der Waals surface area contributed by atoms with Crippen molar-refractivity contribution in [2.24, 2.45) is 45.3 Å². The molecular formula is C58H88Cl2Zr2-2. The second-order valence-corrected chi connectivity index (χ2v) is 28.4. The van der Waals surface area contributed by atoms with E-state index in [2.05, 4.69) is 159 Å². The van der Waals surface area contributed by atoms with Gasteiger partial charge in [-0.05, 0) is 47.3 Å². The molecule has 0 bridgehead atoms. The molecule has 0 aliphatic heterocycles. The summed E-state index contributed by atoms with van der Waals surface area (Å²) in [5, 5.41) is 0. The Bertz CT molecular complexity index is 1470. The van der Waals surface area contributed by atoms with E-state index in [1.165, 1.54) is 109 Å². The van der Waals surface area contributed by atoms with Crippen LogP contribution in [0.2, 0.25) is 0 Å². The molecule has 4 atom stereocenters. The van der Waals surface area contributed by atoms with E-state index < -0.39 is 0 Å². The first-order chi connectivity index (χ1) is 27.8. The van der Waals surface area contributed by atoms with E-state index >= 15 is 0 Å². The first-order valence-corrected chi connectivity index (χ1v) is 26.6. The Hall–Kier alpha value is 0.00623. The van der Waals surface area contributed by atoms with E-state index in [0.29, 0.717) is 45.3 Å². The van der Waals surface area contributed by atoms with Gasteiger partial charge in [0.25, 0.3) is 0 Å². The molecule has 4 heteroatoms. The molecule has 0 aromatic heterocycles. The third kappa shape index (κ3) is 19.3. The zero-order chi connectivity index (χ0) is 45.1. The predicted octanol–water partition coefficient (Wildman–Crippen LogP) is 11.1. The number of rotatable bonds is 0. The zero-order valence-electron chi connectivity index (χ0n) is 42.7. The molecule has 0 aromatic rings. The SMILES string of the molecule is CC(C)(C)C1[C-]=CC2=C1CCCC2.CC(C)(C)C1[C-]=CC2=C1CCCC2.CC(C)(C)C1[C-]=CC2=C1CCCC2.CC(C)(C)C1[C-]=CC2=C1CCCC2.C[C](C)=[Zr+2].C[C](C)=[Zr+2].[Cl-].[Cl-]. The van der Waals surface area contributed by atoms with Gasteiger partial charge in [-0.2, -0.15) is 44.6 Å². The number of halogens is 2. The molecule has 8 rings (SSSR count). The summed E-state index contributed by atoms with van der Waals surface area (Å²) in [4.78, 5) is 0. The van der Waals surface area contributed by atoms with Gasteiger partial charge in [0.2, 0.25) is 0 Å². The van der Waals surface area contributed by atoms with Crippen LogP contribution in [0.5, 0.6) is 0 Å². The molecule has 8 aliphatic rings. The molecule has 4 unspecified atom stereocenters. The smallest absolute Gasteiger partial charge is 1.00 e. The van der Waals surface area contributed by atoms with Crippen molar-refractivity contribution in [3.05, 3.63) is 93.2 Å². The van der Waals surface area contributed by atoms with Crippen molar-refractivity contribution in [2.45, 2.75) is 214 Å². The second-order valence-electron chi connectivity index (χ2n) is 23.5. The monoisotopic (exact) mass is 1030 g/mol. The Balaban J connectivity index is 0.000000386. The molecule has 0 heterocycles. The molecule has 62 heavy (non-hydrogen) atoms. The van der Waals surface area contributed by atoms with Crippen LogP contribution in [0.15, 0.2) is 68.9 Å². The number of hydrogen-bond donors (Lipinski definition) is 0. The largest absolute Gasteiger partial charge is 1.00 e. The van der Waals surface area contributed by atoms with Crippen LogP contribution in [0.1, 0.15) is 214 Å². The van der Waals surface area contributed by atoms with Crippen LogP contribution >= 0.6 is 0 Å². The van der Waals surface area contributed by atoms with Crippen molar-refractivity contribution in [3.8, 4) is 0 Å². The zero-order valence-corrected chi connectivity index (χ0v) is 49.1. The van der Waals surface area contributed by atoms with Crippen molar-refractivity contribution in [3.63, 3.8) is 0 Å². The number of allylic oxidation sites excluding steroid dienone is 16. The Labute approximate surface area is 427 Å². The topological polar surface area (TPSA) is 0 Å². The van der Waals surface area contributed by atoms with Gasteiger partial charge in [0.1, 0.15) is 0 Å². The molecule has 344 valence electrons. The van der Waals surface area contributed by atoms with Gasteiger partial charge in [0.15, 0.2) is 0 Å². The van der Waals surface area contributed by atoms with Crippen molar-refractivity contribution in [2.75, 3.05) is 0 Å². The fourth-order valence-corrected chi connectivity index (χ4v) is 10.0. The minimum Gasteiger partial charge on any atom is -1.00 e. The molecule has 0 nitrogen and oxygen atoms in total. The summed E-state index contributed by atoms with van der Waals surface area (Å²) in [5.74, 6) is 2.40. The van der Waals surface area contributed by atoms with Crippen LogP contribution in [-0.4, -0.2) is 6.41 Å². The molecule has 8 aliphatic carbocycles. The Kier molecular flexibility index (Phi) is 26.3. The molecule has 0 saturated carbocycles. The third-order valence-corrected chi connectivity index (χ3v) is 12.8. The van der Waals surface area contributed by atoms with E-state index in [0.717, 1.165) is 0 Å². The van der Waals surface area contributed by atoms with Gasteiger partial charge >= 0.3 is 82.6 Å². The summed E-state index contributed by atoms with van der Waals surface area (Å²) in [6.45, 7) is 36.4. The van der Waals surface area contributed by atoms with Crippen molar-refractivity contribution in [1.82, 2.24) is 0 Å². The Morgan fingerprint density at radius 3 is 0.645 bits per heavy atom. The maximum Gasteiger partial charge on any atom is -1.00 e. The standard InChI is InChI=1S/4C13H19.2C3H6.2ClH.2Zr/c4*1-13(2,3)12-9-8-10-6-4-5-7-11(10)12;2*1-3-2;;;;/h4*8,12H,4-7H2,1-3H3;2*1-2H3;2*1H;;/q4*-1;;;;;2*+2/p-2. The van der Waals surface area contributed by atoms with Gasteiger partial charge in [-0.1, -0.05) is 184 Å². The predicted molar refractivity (Wildman–Crippen MR) is 258 cm³/mol. The van der Waals surface area contributed by atoms with E-state index in [1.807, 2.05) is 0 Å². The summed E-state index contributed by atoms with van der Waals surface area (Å²) in [6.07, 6.45) is 44.7. The van der Waals surface area contributed by atoms with Crippen LogP contribution in [0, 0.1) is 69.6 Å². The molecule has 0 amide bonds. The van der Waals surface area contributed by atoms with Crippen LogP contribution in [0.3, 0.4) is 0 Å². The summed E-state index contributed by atoms with van der Waals surface area (Å²) in [6, 6.07) is 0. The minimum atomic E-state index is 0. The van der Waals surface area contributed by atoms with Gasteiger partial charge in [0.05, 0.1) is 0 Å². The molecule has 0 saturated heterocycles. The van der Waals surface area contributed by atoms with Crippen molar-refractivity contribution in [1.29, 1.82) is 0 Å². The molecular weight excluding hydrogens is 950 g/mol. The third-order valence-electron chi connectivity index (χ3n) is 12.8. The summed E-state index contributed by atoms with van der Waals surface area (Å²) in [7, 11) is 0. The quantitative estimate of drug-likeness (QED) is 0.212. The van der Waals surface area contributed by atoms with Gasteiger partial charge in [-0.25, -0.2) is 24.3 Å². The van der Waals surface area contributed by atoms with Gasteiger partial charge in [0, 0.05) is 0 Å². The van der Waals surface area contributed by atoms with Crippen LogP contribution in [-0.2, 0) is 48.5 Å². The van der Waals surface area contributed by atoms with E-state index in [9.17, 15) is 0 Å². The van der Waals surface area contributed by atoms with Gasteiger partial charge in [-0.15, -0.1) is 0 Å². The van der Waals surface area contributed by atoms with Gasteiger partial charge < -0.3 is 24.8 Å². The van der Waals surface area contributed by atoms with Crippen LogP contribution in [0.25, 0.3) is 0 Å². The average Bonchev–Trinajstić information content (AvgIpc) is 3.95. The summed E-state index contributed by atoms with van der Waals surface area (Å²) >= 11 is 3.11. The van der Waals surface area contributed by atoms with E-state index in [-0.39, 0.29) is 24.8 Å². The van der Waals surface area contributed by atoms with E-state index in [1.54, 1.807) is 93.1 Å². The van der Waals surface area contributed by atoms with Gasteiger partial charge in [-0.3, -0.25) is 24.3 Å². The maximum absolute atomic E-state index is 3.54. The van der Waals surface area contributed by atoms with E-state index in [4.69, 9.17) is 0 Å². The first kappa shape index (κ1) is 60.0. The molecule has 0 radical (unpaired) electrons. The summed E-state index contributed by atoms with van der Waals surface area (Å²) in [5.41, 5.74) is 14.6. The molecule has 0 N–H and O–H groups in total. The summed E-state index contributed by atoms with van der Waals surface area (Å²) < 4.78 is 3.01.